The molecule has 0 bridgehead atoms. The summed E-state index contributed by atoms with van der Waals surface area (Å²) in [6.45, 7) is 0.690. The van der Waals surface area contributed by atoms with Crippen molar-refractivity contribution in [1.82, 2.24) is 19.7 Å². The van der Waals surface area contributed by atoms with Gasteiger partial charge in [-0.15, -0.1) is 0 Å². The van der Waals surface area contributed by atoms with Gasteiger partial charge in [-0.1, -0.05) is 6.07 Å². The lowest BCUT2D eigenvalue weighted by Gasteiger charge is -2.49. The van der Waals surface area contributed by atoms with Gasteiger partial charge in [0.05, 0.1) is 12.4 Å². The number of likely N-dealkylation sites (tertiary alicyclic amines) is 1. The number of amides is 1. The third-order valence-electron chi connectivity index (χ3n) is 5.41. The molecule has 2 aliphatic heterocycles. The fourth-order valence-corrected chi connectivity index (χ4v) is 6.22. The second-order valence-electron chi connectivity index (χ2n) is 6.85. The van der Waals surface area contributed by atoms with Gasteiger partial charge in [-0.05, 0) is 18.6 Å². The predicted octanol–water partition coefficient (Wildman–Crippen LogP) is 0.523. The normalized spacial score (nSPS) is 23.0. The summed E-state index contributed by atoms with van der Waals surface area (Å²) in [6.07, 6.45) is 3.73. The molecular formula is C17H20N4O4S. The third kappa shape index (κ3) is 2.57. The molecule has 138 valence electrons. The minimum atomic E-state index is -3.27. The zero-order valence-corrected chi connectivity index (χ0v) is 15.2. The molecule has 0 radical (unpaired) electrons. The van der Waals surface area contributed by atoms with Crippen LogP contribution in [0.15, 0.2) is 36.7 Å². The molecule has 1 unspecified atom stereocenters. The molecular weight excluding hydrogens is 356 g/mol. The molecule has 2 saturated heterocycles. The van der Waals surface area contributed by atoms with Gasteiger partial charge >= 0.3 is 0 Å². The molecule has 4 heterocycles. The van der Waals surface area contributed by atoms with E-state index in [2.05, 4.69) is 10.1 Å². The Morgan fingerprint density at radius 2 is 2.12 bits per heavy atom. The van der Waals surface area contributed by atoms with E-state index in [4.69, 9.17) is 4.74 Å². The highest BCUT2D eigenvalue weighted by atomic mass is 32.2. The maximum absolute atomic E-state index is 12.7. The molecule has 9 heteroatoms. The van der Waals surface area contributed by atoms with Gasteiger partial charge < -0.3 is 9.64 Å². The van der Waals surface area contributed by atoms with E-state index >= 15 is 0 Å². The zero-order chi connectivity index (χ0) is 18.4. The predicted molar refractivity (Wildman–Crippen MR) is 93.5 cm³/mol. The highest BCUT2D eigenvalue weighted by molar-refractivity contribution is 7.93. The quantitative estimate of drug-likeness (QED) is 0.772. The average molecular weight is 376 g/mol. The van der Waals surface area contributed by atoms with Crippen molar-refractivity contribution in [3.63, 3.8) is 0 Å². The van der Waals surface area contributed by atoms with E-state index in [0.29, 0.717) is 18.0 Å². The number of sulfone groups is 1. The molecule has 2 aromatic rings. The molecule has 2 aromatic heterocycles. The molecule has 8 nitrogen and oxygen atoms in total. The fourth-order valence-electron chi connectivity index (χ4n) is 3.82. The lowest BCUT2D eigenvalue weighted by atomic mass is 9.83. The summed E-state index contributed by atoms with van der Waals surface area (Å²) in [4.78, 5) is 18.3. The summed E-state index contributed by atoms with van der Waals surface area (Å²) in [7, 11) is -1.57. The molecule has 0 aromatic carbocycles. The first-order valence-electron chi connectivity index (χ1n) is 8.46. The van der Waals surface area contributed by atoms with E-state index < -0.39 is 14.6 Å². The van der Waals surface area contributed by atoms with Gasteiger partial charge in [0.25, 0.3) is 5.91 Å². The van der Waals surface area contributed by atoms with Crippen LogP contribution in [-0.2, 0) is 16.9 Å². The van der Waals surface area contributed by atoms with Crippen LogP contribution in [-0.4, -0.2) is 64.2 Å². The van der Waals surface area contributed by atoms with E-state index in [-0.39, 0.29) is 37.3 Å². The Balaban J connectivity index is 1.48. The van der Waals surface area contributed by atoms with Crippen molar-refractivity contribution >= 4 is 15.7 Å². The summed E-state index contributed by atoms with van der Waals surface area (Å²) in [5, 5.41) is 4.00. The smallest absolute Gasteiger partial charge is 0.272 e. The molecule has 1 amide bonds. The van der Waals surface area contributed by atoms with Gasteiger partial charge in [0.1, 0.15) is 10.4 Å². The third-order valence-corrected chi connectivity index (χ3v) is 8.02. The number of aryl methyl sites for hydroxylation is 1. The van der Waals surface area contributed by atoms with Crippen LogP contribution >= 0.6 is 0 Å². The highest BCUT2D eigenvalue weighted by Gasteiger charge is 2.62. The van der Waals surface area contributed by atoms with E-state index in [1.807, 2.05) is 6.07 Å². The number of ether oxygens (including phenoxy) is 1. The van der Waals surface area contributed by atoms with E-state index in [9.17, 15) is 13.2 Å². The van der Waals surface area contributed by atoms with Crippen LogP contribution in [0.3, 0.4) is 0 Å². The summed E-state index contributed by atoms with van der Waals surface area (Å²) in [5.74, 6) is 0.276. The number of carbonyl (C=O) groups is 1. The fraction of sp³-hybridized carbons (Fsp3) is 0.471. The largest absolute Gasteiger partial charge is 0.477 e. The maximum Gasteiger partial charge on any atom is 0.272 e. The molecule has 26 heavy (non-hydrogen) atoms. The molecule has 4 rings (SSSR count). The molecule has 2 aliphatic rings. The molecule has 1 spiro atoms. The number of aromatic nitrogens is 3. The number of carbonyl (C=O) groups excluding carboxylic acids is 1. The SMILES string of the molecule is Cn1nccc1C(=O)N1CC2(C1)C(COc1ccccn1)CCS2(=O)=O. The lowest BCUT2D eigenvalue weighted by Crippen LogP contribution is -2.69. The van der Waals surface area contributed by atoms with Crippen LogP contribution in [0.25, 0.3) is 0 Å². The van der Waals surface area contributed by atoms with Gasteiger partial charge in [-0.2, -0.15) is 5.10 Å². The van der Waals surface area contributed by atoms with Gasteiger partial charge in [0.15, 0.2) is 9.84 Å². The summed E-state index contributed by atoms with van der Waals surface area (Å²) < 4.78 is 31.7. The first-order chi connectivity index (χ1) is 12.4. The first-order valence-corrected chi connectivity index (χ1v) is 10.1. The summed E-state index contributed by atoms with van der Waals surface area (Å²) in [6, 6.07) is 7.00. The van der Waals surface area contributed by atoms with Crippen molar-refractivity contribution in [3.8, 4) is 5.88 Å². The van der Waals surface area contributed by atoms with E-state index in [1.54, 1.807) is 42.5 Å². The van der Waals surface area contributed by atoms with Gasteiger partial charge in [-0.25, -0.2) is 13.4 Å². The Labute approximate surface area is 151 Å². The minimum Gasteiger partial charge on any atom is -0.477 e. The van der Waals surface area contributed by atoms with Crippen LogP contribution in [0.5, 0.6) is 5.88 Å². The second kappa shape index (κ2) is 6.08. The zero-order valence-electron chi connectivity index (χ0n) is 14.4. The standard InChI is InChI=1S/C17H20N4O4S/c1-20-14(5-8-19-20)16(22)21-11-17(12-21)13(6-9-26(17,23)24)10-25-15-4-2-3-7-18-15/h2-5,7-8,13H,6,9-12H2,1H3. The van der Waals surface area contributed by atoms with Crippen molar-refractivity contribution in [2.24, 2.45) is 13.0 Å². The monoisotopic (exact) mass is 376 g/mol. The Morgan fingerprint density at radius 1 is 1.31 bits per heavy atom. The molecule has 0 N–H and O–H groups in total. The summed E-state index contributed by atoms with van der Waals surface area (Å²) in [5.41, 5.74) is 0.455. The van der Waals surface area contributed by atoms with Crippen LogP contribution in [0.1, 0.15) is 16.9 Å². The number of nitrogens with zero attached hydrogens (tertiary/aromatic N) is 4. The maximum atomic E-state index is 12.7. The van der Waals surface area contributed by atoms with E-state index in [0.717, 1.165) is 0 Å². The van der Waals surface area contributed by atoms with Crippen molar-refractivity contribution in [2.45, 2.75) is 11.2 Å². The Bertz CT molecular complexity index is 919. The van der Waals surface area contributed by atoms with Crippen LogP contribution < -0.4 is 4.74 Å². The number of hydrogen-bond acceptors (Lipinski definition) is 6. The average Bonchev–Trinajstić information content (AvgIpc) is 3.12. The first kappa shape index (κ1) is 17.0. The summed E-state index contributed by atoms with van der Waals surface area (Å²) >= 11 is 0. The minimum absolute atomic E-state index is 0.136. The van der Waals surface area contributed by atoms with Crippen LogP contribution in [0, 0.1) is 5.92 Å². The van der Waals surface area contributed by atoms with Crippen LogP contribution in [0.4, 0.5) is 0 Å². The lowest BCUT2D eigenvalue weighted by molar-refractivity contribution is 0.0397. The van der Waals surface area contributed by atoms with Crippen molar-refractivity contribution < 1.29 is 17.9 Å². The highest BCUT2D eigenvalue weighted by Crippen LogP contribution is 2.45. The molecule has 2 fully saturated rings. The molecule has 1 atom stereocenters. The van der Waals surface area contributed by atoms with Crippen LogP contribution in [0.2, 0.25) is 0 Å². The van der Waals surface area contributed by atoms with Gasteiger partial charge in [0, 0.05) is 44.5 Å². The van der Waals surface area contributed by atoms with Gasteiger partial charge in [-0.3, -0.25) is 9.48 Å². The topological polar surface area (TPSA) is 94.4 Å². The Morgan fingerprint density at radius 3 is 2.77 bits per heavy atom. The Kier molecular flexibility index (Phi) is 3.98. The van der Waals surface area contributed by atoms with Crippen molar-refractivity contribution in [3.05, 3.63) is 42.4 Å². The number of hydrogen-bond donors (Lipinski definition) is 0. The number of rotatable bonds is 4. The van der Waals surface area contributed by atoms with E-state index in [1.165, 1.54) is 4.68 Å². The molecule has 0 saturated carbocycles. The number of pyridine rings is 1. The second-order valence-corrected chi connectivity index (χ2v) is 9.30. The van der Waals surface area contributed by atoms with Crippen molar-refractivity contribution in [2.75, 3.05) is 25.4 Å². The van der Waals surface area contributed by atoms with Gasteiger partial charge in [0.2, 0.25) is 5.88 Å². The Hall–Kier alpha value is -2.42. The van der Waals surface area contributed by atoms with Crippen molar-refractivity contribution in [1.29, 1.82) is 0 Å². The molecule has 0 aliphatic carbocycles.